The van der Waals surface area contributed by atoms with Crippen LogP contribution in [0.3, 0.4) is 0 Å². The molecule has 0 fully saturated rings. The first-order valence-corrected chi connectivity index (χ1v) is 9.92. The van der Waals surface area contributed by atoms with E-state index in [2.05, 4.69) is 9.98 Å². The van der Waals surface area contributed by atoms with Gasteiger partial charge in [0.05, 0.1) is 6.61 Å². The second-order valence-electron chi connectivity index (χ2n) is 6.76. The van der Waals surface area contributed by atoms with Gasteiger partial charge >= 0.3 is 0 Å². The van der Waals surface area contributed by atoms with Gasteiger partial charge in [-0.1, -0.05) is 35.9 Å². The number of hydrogen-bond acceptors (Lipinski definition) is 6. The van der Waals surface area contributed by atoms with E-state index in [4.69, 9.17) is 27.8 Å². The highest BCUT2D eigenvalue weighted by Crippen LogP contribution is 2.26. The van der Waals surface area contributed by atoms with Gasteiger partial charge in [-0.2, -0.15) is 4.99 Å². The Morgan fingerprint density at radius 1 is 1.00 bits per heavy atom. The van der Waals surface area contributed by atoms with Crippen LogP contribution in [0, 0.1) is 0 Å². The van der Waals surface area contributed by atoms with Crippen LogP contribution in [0.15, 0.2) is 58.5 Å². The highest BCUT2D eigenvalue weighted by atomic mass is 35.5. The molecule has 1 aliphatic heterocycles. The molecule has 1 aliphatic rings. The van der Waals surface area contributed by atoms with Gasteiger partial charge in [0, 0.05) is 11.6 Å². The minimum atomic E-state index is -0.498. The van der Waals surface area contributed by atoms with Crippen LogP contribution in [0.4, 0.5) is 4.39 Å². The molecule has 29 heavy (non-hydrogen) atoms. The predicted octanol–water partition coefficient (Wildman–Crippen LogP) is 4.00. The molecule has 8 heteroatoms. The van der Waals surface area contributed by atoms with Gasteiger partial charge in [0.25, 0.3) is 0 Å². The molecule has 4 N–H and O–H groups in total. The van der Waals surface area contributed by atoms with Gasteiger partial charge in [0.2, 0.25) is 11.9 Å². The first kappa shape index (κ1) is 20.9. The number of alkyl halides is 1. The summed E-state index contributed by atoms with van der Waals surface area (Å²) in [4.78, 5) is 10.4. The summed E-state index contributed by atoms with van der Waals surface area (Å²) in [6.07, 6.45) is 2.42. The van der Waals surface area contributed by atoms with Crippen LogP contribution in [-0.2, 0) is 6.67 Å². The Kier molecular flexibility index (Phi) is 7.30. The second kappa shape index (κ2) is 10.1. The zero-order valence-electron chi connectivity index (χ0n) is 16.1. The normalized spacial score (nSPS) is 16.3. The smallest absolute Gasteiger partial charge is 0.220 e. The molecule has 0 bridgehead atoms. The summed E-state index contributed by atoms with van der Waals surface area (Å²) < 4.78 is 18.5. The average Bonchev–Trinajstić information content (AvgIpc) is 2.73. The van der Waals surface area contributed by atoms with Crippen molar-refractivity contribution in [1.82, 2.24) is 4.90 Å². The van der Waals surface area contributed by atoms with Crippen molar-refractivity contribution in [2.24, 2.45) is 21.5 Å². The van der Waals surface area contributed by atoms with Crippen molar-refractivity contribution in [3.63, 3.8) is 0 Å². The number of ether oxygens (including phenoxy) is 1. The Labute approximate surface area is 175 Å². The zero-order valence-corrected chi connectivity index (χ0v) is 16.9. The van der Waals surface area contributed by atoms with Gasteiger partial charge in [-0.3, -0.25) is 0 Å². The van der Waals surface area contributed by atoms with E-state index in [-0.39, 0.29) is 12.1 Å². The third-order valence-corrected chi connectivity index (χ3v) is 4.88. The molecule has 2 aromatic carbocycles. The molecule has 0 aliphatic carbocycles. The second-order valence-corrected chi connectivity index (χ2v) is 7.20. The van der Waals surface area contributed by atoms with Gasteiger partial charge in [-0.25, -0.2) is 9.38 Å². The summed E-state index contributed by atoms with van der Waals surface area (Å²) in [5.74, 6) is 1.30. The maximum Gasteiger partial charge on any atom is 0.220 e. The summed E-state index contributed by atoms with van der Waals surface area (Å²) in [5.41, 5.74) is 13.4. The maximum atomic E-state index is 12.8. The minimum absolute atomic E-state index is 0.148. The van der Waals surface area contributed by atoms with E-state index in [1.54, 1.807) is 12.1 Å². The van der Waals surface area contributed by atoms with E-state index in [1.165, 1.54) is 0 Å². The standard InChI is InChI=1S/C21H25ClFN5O/c22-17-8-10-18(11-9-17)29-13-3-1-2-12-28-19(26-20(24)27-21(28)25)16-6-4-15(14-23)5-7-16/h4-11,19H,1-3,12-14H2,(H4,24,25,26,27). The number of benzene rings is 2. The molecule has 0 amide bonds. The van der Waals surface area contributed by atoms with E-state index in [0.29, 0.717) is 29.7 Å². The maximum absolute atomic E-state index is 12.8. The Morgan fingerprint density at radius 2 is 1.72 bits per heavy atom. The van der Waals surface area contributed by atoms with Gasteiger partial charge < -0.3 is 21.1 Å². The van der Waals surface area contributed by atoms with E-state index in [0.717, 1.165) is 30.6 Å². The summed E-state index contributed by atoms with van der Waals surface area (Å²) in [6, 6.07) is 14.5. The minimum Gasteiger partial charge on any atom is -0.494 e. The van der Waals surface area contributed by atoms with Crippen molar-refractivity contribution in [3.05, 3.63) is 64.7 Å². The van der Waals surface area contributed by atoms with E-state index >= 15 is 0 Å². The molecule has 0 aromatic heterocycles. The van der Waals surface area contributed by atoms with Gasteiger partial charge in [0.1, 0.15) is 12.4 Å². The lowest BCUT2D eigenvalue weighted by Crippen LogP contribution is -2.44. The summed E-state index contributed by atoms with van der Waals surface area (Å²) in [7, 11) is 0. The van der Waals surface area contributed by atoms with Crippen LogP contribution in [0.2, 0.25) is 5.02 Å². The molecule has 3 rings (SSSR count). The van der Waals surface area contributed by atoms with Gasteiger partial charge in [-0.05, 0) is 54.7 Å². The molecular formula is C21H25ClFN5O. The summed E-state index contributed by atoms with van der Waals surface area (Å²) in [6.45, 7) is 0.814. The Morgan fingerprint density at radius 3 is 2.41 bits per heavy atom. The SMILES string of the molecule is NC1=NC(c2ccc(CF)cc2)N(CCCCCOc2ccc(Cl)cc2)C(N)=N1. The van der Waals surface area contributed by atoms with Crippen molar-refractivity contribution in [2.45, 2.75) is 32.1 Å². The highest BCUT2D eigenvalue weighted by molar-refractivity contribution is 6.30. The molecule has 6 nitrogen and oxygen atoms in total. The number of hydrogen-bond donors (Lipinski definition) is 2. The fourth-order valence-electron chi connectivity index (χ4n) is 3.08. The number of rotatable bonds is 9. The van der Waals surface area contributed by atoms with Gasteiger partial charge in [0.15, 0.2) is 6.17 Å². The van der Waals surface area contributed by atoms with Crippen molar-refractivity contribution < 1.29 is 9.13 Å². The Balaban J connectivity index is 1.50. The van der Waals surface area contributed by atoms with Crippen LogP contribution in [-0.4, -0.2) is 30.0 Å². The topological polar surface area (TPSA) is 89.2 Å². The number of aliphatic imine (C=N–C) groups is 2. The molecule has 1 unspecified atom stereocenters. The van der Waals surface area contributed by atoms with Crippen LogP contribution in [0.5, 0.6) is 5.75 Å². The number of unbranched alkanes of at least 4 members (excludes halogenated alkanes) is 2. The van der Waals surface area contributed by atoms with Gasteiger partial charge in [-0.15, -0.1) is 0 Å². The van der Waals surface area contributed by atoms with E-state index < -0.39 is 6.67 Å². The Bertz CT molecular complexity index is 854. The third-order valence-electron chi connectivity index (χ3n) is 4.63. The van der Waals surface area contributed by atoms with Crippen molar-refractivity contribution >= 4 is 23.5 Å². The average molecular weight is 418 g/mol. The lowest BCUT2D eigenvalue weighted by atomic mass is 10.1. The monoisotopic (exact) mass is 417 g/mol. The zero-order chi connectivity index (χ0) is 20.6. The number of nitrogens with zero attached hydrogens (tertiary/aromatic N) is 3. The van der Waals surface area contributed by atoms with Crippen LogP contribution < -0.4 is 16.2 Å². The summed E-state index contributed by atoms with van der Waals surface area (Å²) in [5, 5.41) is 0.690. The summed E-state index contributed by atoms with van der Waals surface area (Å²) >= 11 is 5.87. The van der Waals surface area contributed by atoms with Crippen LogP contribution in [0.1, 0.15) is 36.6 Å². The van der Waals surface area contributed by atoms with Crippen molar-refractivity contribution in [2.75, 3.05) is 13.2 Å². The predicted molar refractivity (Wildman–Crippen MR) is 115 cm³/mol. The van der Waals surface area contributed by atoms with Crippen molar-refractivity contribution in [1.29, 1.82) is 0 Å². The van der Waals surface area contributed by atoms with E-state index in [9.17, 15) is 4.39 Å². The lowest BCUT2D eigenvalue weighted by molar-refractivity contribution is 0.285. The first-order valence-electron chi connectivity index (χ1n) is 9.54. The molecular weight excluding hydrogens is 393 g/mol. The quantitative estimate of drug-likeness (QED) is 0.603. The number of nitrogens with two attached hydrogens (primary N) is 2. The molecule has 1 heterocycles. The number of halogens is 2. The highest BCUT2D eigenvalue weighted by Gasteiger charge is 2.25. The number of guanidine groups is 2. The molecule has 0 saturated carbocycles. The first-order chi connectivity index (χ1) is 14.1. The fourth-order valence-corrected chi connectivity index (χ4v) is 3.21. The van der Waals surface area contributed by atoms with Crippen LogP contribution in [0.25, 0.3) is 0 Å². The molecule has 2 aromatic rings. The molecule has 0 radical (unpaired) electrons. The third kappa shape index (κ3) is 5.84. The fraction of sp³-hybridized carbons (Fsp3) is 0.333. The molecule has 0 spiro atoms. The lowest BCUT2D eigenvalue weighted by Gasteiger charge is -2.32. The largest absolute Gasteiger partial charge is 0.494 e. The molecule has 1 atom stereocenters. The van der Waals surface area contributed by atoms with E-state index in [1.807, 2.05) is 41.3 Å². The molecule has 0 saturated heterocycles. The molecule has 154 valence electrons. The van der Waals surface area contributed by atoms with Crippen molar-refractivity contribution in [3.8, 4) is 5.75 Å². The Hall–Kier alpha value is -2.80. The van der Waals surface area contributed by atoms with Crippen LogP contribution >= 0.6 is 11.6 Å².